The van der Waals surface area contributed by atoms with Crippen LogP contribution in [0.15, 0.2) is 91.0 Å². The number of ether oxygens (including phenoxy) is 1. The Balaban J connectivity index is 1.60. The van der Waals surface area contributed by atoms with Crippen LogP contribution in [0.4, 0.5) is 0 Å². The van der Waals surface area contributed by atoms with E-state index in [0.717, 1.165) is 29.8 Å². The summed E-state index contributed by atoms with van der Waals surface area (Å²) in [4.78, 5) is 14.8. The summed E-state index contributed by atoms with van der Waals surface area (Å²) in [5.74, 6) is 0.889. The van der Waals surface area contributed by atoms with Crippen molar-refractivity contribution < 1.29 is 9.53 Å². The maximum absolute atomic E-state index is 12.9. The summed E-state index contributed by atoms with van der Waals surface area (Å²) in [5.41, 5.74) is 1.82. The molecule has 0 saturated carbocycles. The number of para-hydroxylation sites is 1. The highest BCUT2D eigenvalue weighted by molar-refractivity contribution is 5.95. The zero-order valence-electron chi connectivity index (χ0n) is 14.5. The molecule has 0 spiro atoms. The first-order valence-corrected chi connectivity index (χ1v) is 8.95. The molecule has 1 amide bonds. The third kappa shape index (κ3) is 3.33. The molecule has 4 rings (SSSR count). The topological polar surface area (TPSA) is 29.5 Å². The molecule has 1 aliphatic rings. The van der Waals surface area contributed by atoms with E-state index in [2.05, 4.69) is 12.1 Å². The minimum absolute atomic E-state index is 0.0327. The summed E-state index contributed by atoms with van der Waals surface area (Å²) in [5, 5.41) is 0. The summed E-state index contributed by atoms with van der Waals surface area (Å²) >= 11 is 0. The van der Waals surface area contributed by atoms with Crippen LogP contribution in [0.25, 0.3) is 0 Å². The van der Waals surface area contributed by atoms with Crippen molar-refractivity contribution in [3.63, 3.8) is 0 Å². The van der Waals surface area contributed by atoms with Gasteiger partial charge in [-0.3, -0.25) is 4.79 Å². The van der Waals surface area contributed by atoms with Crippen molar-refractivity contribution >= 4 is 5.91 Å². The first kappa shape index (κ1) is 16.4. The van der Waals surface area contributed by atoms with Crippen molar-refractivity contribution in [2.24, 2.45) is 0 Å². The molecule has 130 valence electrons. The summed E-state index contributed by atoms with van der Waals surface area (Å²) in [7, 11) is 0. The molecule has 0 bridgehead atoms. The average Bonchev–Trinajstić information content (AvgIpc) is 2.69. The van der Waals surface area contributed by atoms with Crippen LogP contribution in [0, 0.1) is 0 Å². The van der Waals surface area contributed by atoms with Crippen molar-refractivity contribution in [2.45, 2.75) is 18.6 Å². The lowest BCUT2D eigenvalue weighted by atomic mass is 9.91. The number of nitrogens with zero attached hydrogens (tertiary/aromatic N) is 1. The van der Waals surface area contributed by atoms with E-state index in [0.29, 0.717) is 0 Å². The normalized spacial score (nSPS) is 17.2. The average molecular weight is 343 g/mol. The molecule has 3 heteroatoms. The second-order valence-corrected chi connectivity index (χ2v) is 6.48. The second-order valence-electron chi connectivity index (χ2n) is 6.48. The molecule has 1 saturated heterocycles. The molecule has 3 nitrogen and oxygen atoms in total. The lowest BCUT2D eigenvalue weighted by Gasteiger charge is -2.45. The van der Waals surface area contributed by atoms with Gasteiger partial charge in [-0.05, 0) is 36.2 Å². The molecule has 0 radical (unpaired) electrons. The van der Waals surface area contributed by atoms with E-state index in [1.807, 2.05) is 83.8 Å². The van der Waals surface area contributed by atoms with Crippen LogP contribution in [0.5, 0.6) is 5.75 Å². The summed E-state index contributed by atoms with van der Waals surface area (Å²) in [6, 6.07) is 29.5. The second kappa shape index (κ2) is 7.44. The van der Waals surface area contributed by atoms with Crippen molar-refractivity contribution in [3.8, 4) is 5.75 Å². The molecular weight excluding hydrogens is 322 g/mol. The Bertz CT molecular complexity index is 849. The first-order chi connectivity index (χ1) is 12.8. The highest BCUT2D eigenvalue weighted by atomic mass is 16.5. The largest absolute Gasteiger partial charge is 0.484 e. The standard InChI is InChI=1S/C23H21NO2/c25-23(19-12-6-2-7-13-19)24-17-16-21(24)22(18-10-4-1-5-11-18)26-20-14-8-3-9-15-20/h1-15,21-22H,16-17H2. The van der Waals surface area contributed by atoms with Gasteiger partial charge in [0.15, 0.2) is 0 Å². The highest BCUT2D eigenvalue weighted by Gasteiger charge is 2.40. The van der Waals surface area contributed by atoms with Gasteiger partial charge in [-0.15, -0.1) is 0 Å². The number of hydrogen-bond acceptors (Lipinski definition) is 2. The molecule has 2 unspecified atom stereocenters. The van der Waals surface area contributed by atoms with Crippen molar-refractivity contribution in [1.82, 2.24) is 4.90 Å². The van der Waals surface area contributed by atoms with Crippen LogP contribution in [-0.4, -0.2) is 23.4 Å². The zero-order chi connectivity index (χ0) is 17.8. The molecular formula is C23H21NO2. The highest BCUT2D eigenvalue weighted by Crippen LogP contribution is 2.35. The minimum atomic E-state index is -0.181. The Morgan fingerprint density at radius 3 is 2.00 bits per heavy atom. The van der Waals surface area contributed by atoms with Crippen LogP contribution in [-0.2, 0) is 0 Å². The van der Waals surface area contributed by atoms with Crippen molar-refractivity contribution in [3.05, 3.63) is 102 Å². The number of carbonyl (C=O) groups excluding carboxylic acids is 1. The molecule has 3 aromatic rings. The molecule has 3 aromatic carbocycles. The van der Waals surface area contributed by atoms with Gasteiger partial charge < -0.3 is 9.64 Å². The molecule has 26 heavy (non-hydrogen) atoms. The smallest absolute Gasteiger partial charge is 0.254 e. The Labute approximate surface area is 153 Å². The Kier molecular flexibility index (Phi) is 4.69. The van der Waals surface area contributed by atoms with Gasteiger partial charge >= 0.3 is 0 Å². The fraction of sp³-hybridized carbons (Fsp3) is 0.174. The number of carbonyl (C=O) groups is 1. The van der Waals surface area contributed by atoms with Gasteiger partial charge in [0, 0.05) is 12.1 Å². The molecule has 1 heterocycles. The molecule has 0 N–H and O–H groups in total. The fourth-order valence-corrected chi connectivity index (χ4v) is 3.38. The number of rotatable bonds is 5. The maximum Gasteiger partial charge on any atom is 0.254 e. The van der Waals surface area contributed by atoms with E-state index in [-0.39, 0.29) is 18.1 Å². The van der Waals surface area contributed by atoms with Gasteiger partial charge in [-0.2, -0.15) is 0 Å². The number of hydrogen-bond donors (Lipinski definition) is 0. The quantitative estimate of drug-likeness (QED) is 0.671. The van der Waals surface area contributed by atoms with Gasteiger partial charge in [-0.25, -0.2) is 0 Å². The van der Waals surface area contributed by atoms with E-state index in [1.54, 1.807) is 0 Å². The van der Waals surface area contributed by atoms with Crippen molar-refractivity contribution in [2.75, 3.05) is 6.54 Å². The van der Waals surface area contributed by atoms with Crippen LogP contribution < -0.4 is 4.74 Å². The van der Waals surface area contributed by atoms with Gasteiger partial charge in [0.1, 0.15) is 11.9 Å². The third-order valence-corrected chi connectivity index (χ3v) is 4.83. The van der Waals surface area contributed by atoms with Crippen LogP contribution >= 0.6 is 0 Å². The first-order valence-electron chi connectivity index (χ1n) is 8.95. The molecule has 1 fully saturated rings. The predicted octanol–water partition coefficient (Wildman–Crippen LogP) is 4.72. The molecule has 1 aliphatic heterocycles. The number of benzene rings is 3. The van der Waals surface area contributed by atoms with Gasteiger partial charge in [-0.1, -0.05) is 66.7 Å². The minimum Gasteiger partial charge on any atom is -0.484 e. The van der Waals surface area contributed by atoms with Crippen LogP contribution in [0.2, 0.25) is 0 Å². The summed E-state index contributed by atoms with van der Waals surface area (Å²) in [6.07, 6.45) is 0.755. The maximum atomic E-state index is 12.9. The van der Waals surface area contributed by atoms with Crippen molar-refractivity contribution in [1.29, 1.82) is 0 Å². The van der Waals surface area contributed by atoms with Crippen LogP contribution in [0.1, 0.15) is 28.4 Å². The van der Waals surface area contributed by atoms with Gasteiger partial charge in [0.25, 0.3) is 5.91 Å². The predicted molar refractivity (Wildman–Crippen MR) is 102 cm³/mol. The zero-order valence-corrected chi connectivity index (χ0v) is 14.5. The van der Waals surface area contributed by atoms with E-state index >= 15 is 0 Å². The van der Waals surface area contributed by atoms with Gasteiger partial charge in [0.2, 0.25) is 0 Å². The summed E-state index contributed by atoms with van der Waals surface area (Å²) in [6.45, 7) is 0.764. The SMILES string of the molecule is O=C(c1ccccc1)N1CCC1C(Oc1ccccc1)c1ccccc1. The Hall–Kier alpha value is -3.07. The lowest BCUT2D eigenvalue weighted by molar-refractivity contribution is 0.00294. The number of amides is 1. The molecule has 0 aromatic heterocycles. The van der Waals surface area contributed by atoms with E-state index in [9.17, 15) is 4.79 Å². The number of likely N-dealkylation sites (tertiary alicyclic amines) is 1. The van der Waals surface area contributed by atoms with Crippen LogP contribution in [0.3, 0.4) is 0 Å². The lowest BCUT2D eigenvalue weighted by Crippen LogP contribution is -2.55. The fourth-order valence-electron chi connectivity index (χ4n) is 3.38. The van der Waals surface area contributed by atoms with Gasteiger partial charge in [0.05, 0.1) is 6.04 Å². The van der Waals surface area contributed by atoms with E-state index in [1.165, 1.54) is 0 Å². The Morgan fingerprint density at radius 2 is 1.42 bits per heavy atom. The molecule has 0 aliphatic carbocycles. The summed E-state index contributed by atoms with van der Waals surface area (Å²) < 4.78 is 6.33. The Morgan fingerprint density at radius 1 is 0.846 bits per heavy atom. The van der Waals surface area contributed by atoms with E-state index in [4.69, 9.17) is 4.74 Å². The third-order valence-electron chi connectivity index (χ3n) is 4.83. The molecule has 2 atom stereocenters. The monoisotopic (exact) mass is 343 g/mol. The van der Waals surface area contributed by atoms with E-state index < -0.39 is 0 Å².